The Kier molecular flexibility index (Phi) is 9.58. The van der Waals surface area contributed by atoms with Gasteiger partial charge >= 0.3 is 0 Å². The molecule has 0 heterocycles. The molecule has 0 saturated carbocycles. The smallest absolute Gasteiger partial charge is 0.115 e. The Morgan fingerprint density at radius 3 is 1.74 bits per heavy atom. The van der Waals surface area contributed by atoms with E-state index in [1.165, 1.54) is 25.7 Å². The van der Waals surface area contributed by atoms with Gasteiger partial charge in [0.2, 0.25) is 0 Å². The molecule has 0 spiro atoms. The maximum Gasteiger partial charge on any atom is 0.115 e. The molecule has 0 aromatic heterocycles. The highest BCUT2D eigenvalue weighted by molar-refractivity contribution is 5.18. The minimum absolute atomic E-state index is 0.322. The number of hydrogen-bond donors (Lipinski definition) is 1. The predicted octanol–water partition coefficient (Wildman–Crippen LogP) is 7.30. The lowest BCUT2D eigenvalue weighted by Gasteiger charge is -2.40. The summed E-state index contributed by atoms with van der Waals surface area (Å²) in [5.74, 6) is 2.08. The van der Waals surface area contributed by atoms with Crippen LogP contribution in [0.4, 0.5) is 0 Å². The van der Waals surface area contributed by atoms with Crippen molar-refractivity contribution in [1.82, 2.24) is 0 Å². The molecule has 0 saturated heterocycles. The van der Waals surface area contributed by atoms with Gasteiger partial charge in [0.15, 0.2) is 0 Å². The molecule has 1 aromatic carbocycles. The van der Waals surface area contributed by atoms with Crippen LogP contribution in [0.3, 0.4) is 0 Å². The topological polar surface area (TPSA) is 20.2 Å². The first-order valence-electron chi connectivity index (χ1n) is 9.25. The molecule has 1 N–H and O–H groups in total. The van der Waals surface area contributed by atoms with Crippen LogP contribution in [0.25, 0.3) is 0 Å². The van der Waals surface area contributed by atoms with Crippen molar-refractivity contribution < 1.29 is 5.11 Å². The lowest BCUT2D eigenvalue weighted by Crippen LogP contribution is -2.30. The Bertz CT molecular complexity index is 400. The van der Waals surface area contributed by atoms with E-state index in [2.05, 4.69) is 55.4 Å². The highest BCUT2D eigenvalue weighted by Gasteiger charge is 2.32. The summed E-state index contributed by atoms with van der Waals surface area (Å²) in [6, 6.07) is 8.71. The van der Waals surface area contributed by atoms with E-state index in [1.807, 2.05) is 6.07 Å². The van der Waals surface area contributed by atoms with Crippen molar-refractivity contribution in [1.29, 1.82) is 0 Å². The molecule has 1 aromatic rings. The second kappa shape index (κ2) is 10.0. The van der Waals surface area contributed by atoms with E-state index in [1.54, 1.807) is 24.3 Å². The molecule has 0 aliphatic carbocycles. The lowest BCUT2D eigenvalue weighted by atomic mass is 9.66. The van der Waals surface area contributed by atoms with Gasteiger partial charge in [0.1, 0.15) is 5.75 Å². The fraction of sp³-hybridized carbons (Fsp3) is 0.727. The van der Waals surface area contributed by atoms with E-state index in [0.717, 1.165) is 11.8 Å². The summed E-state index contributed by atoms with van der Waals surface area (Å²) in [7, 11) is 0. The van der Waals surface area contributed by atoms with Crippen LogP contribution in [0.1, 0.15) is 81.1 Å². The quantitative estimate of drug-likeness (QED) is 0.583. The van der Waals surface area contributed by atoms with Crippen LogP contribution >= 0.6 is 0 Å². The van der Waals surface area contributed by atoms with Gasteiger partial charge in [-0.05, 0) is 47.6 Å². The number of phenolic OH excluding ortho intramolecular Hbond substituents is 1. The van der Waals surface area contributed by atoms with Gasteiger partial charge in [-0.2, -0.15) is 0 Å². The molecule has 1 heteroatoms. The summed E-state index contributed by atoms with van der Waals surface area (Å²) in [5, 5.41) is 8.63. The van der Waals surface area contributed by atoms with E-state index >= 15 is 0 Å². The van der Waals surface area contributed by atoms with Crippen LogP contribution in [0.15, 0.2) is 30.3 Å². The highest BCUT2D eigenvalue weighted by atomic mass is 16.3. The zero-order valence-corrected chi connectivity index (χ0v) is 16.8. The Morgan fingerprint density at radius 2 is 1.43 bits per heavy atom. The summed E-state index contributed by atoms with van der Waals surface area (Å²) in [4.78, 5) is 0. The average molecular weight is 321 g/mol. The number of benzene rings is 1. The molecule has 0 aliphatic heterocycles. The SMILES string of the molecule is CCC(C)CC(CC)C(C)(C)CC(C)(C)C.Oc1ccccc1. The molecule has 134 valence electrons. The average Bonchev–Trinajstić information content (AvgIpc) is 2.43. The Hall–Kier alpha value is -0.980. The number of aromatic hydroxyl groups is 1. The number of hydrogen-bond acceptors (Lipinski definition) is 1. The molecule has 1 nitrogen and oxygen atoms in total. The van der Waals surface area contributed by atoms with Crippen molar-refractivity contribution in [3.63, 3.8) is 0 Å². The Labute approximate surface area is 145 Å². The molecule has 0 amide bonds. The summed E-state index contributed by atoms with van der Waals surface area (Å²) in [6.07, 6.45) is 5.38. The second-order valence-electron chi connectivity index (χ2n) is 8.92. The molecule has 0 aliphatic rings. The standard InChI is InChI=1S/C16H34.C6H6O/c1-9-13(3)11-14(10-2)16(7,8)12-15(4,5)6;7-6-4-2-1-3-5-6/h13-14H,9-12H2,1-8H3;1-5,7H. The van der Waals surface area contributed by atoms with Gasteiger partial charge in [-0.15, -0.1) is 0 Å². The monoisotopic (exact) mass is 320 g/mol. The van der Waals surface area contributed by atoms with Crippen molar-refractivity contribution in [2.75, 3.05) is 0 Å². The molecule has 2 atom stereocenters. The van der Waals surface area contributed by atoms with Crippen LogP contribution < -0.4 is 0 Å². The van der Waals surface area contributed by atoms with Gasteiger partial charge in [0, 0.05) is 0 Å². The first-order valence-corrected chi connectivity index (χ1v) is 9.25. The van der Waals surface area contributed by atoms with Crippen LogP contribution in [0, 0.1) is 22.7 Å². The molecular formula is C22H40O. The van der Waals surface area contributed by atoms with Crippen molar-refractivity contribution >= 4 is 0 Å². The maximum atomic E-state index is 8.63. The van der Waals surface area contributed by atoms with Gasteiger partial charge in [-0.1, -0.05) is 86.4 Å². The van der Waals surface area contributed by atoms with E-state index in [0.29, 0.717) is 16.6 Å². The third-order valence-corrected chi connectivity index (χ3v) is 4.72. The molecule has 1 rings (SSSR count). The van der Waals surface area contributed by atoms with E-state index in [9.17, 15) is 0 Å². The van der Waals surface area contributed by atoms with Gasteiger partial charge < -0.3 is 5.11 Å². The number of para-hydroxylation sites is 1. The van der Waals surface area contributed by atoms with Crippen LogP contribution in [0.5, 0.6) is 5.75 Å². The Morgan fingerprint density at radius 1 is 0.913 bits per heavy atom. The molecule has 0 fully saturated rings. The Balaban J connectivity index is 0.000000568. The van der Waals surface area contributed by atoms with Crippen LogP contribution in [0.2, 0.25) is 0 Å². The summed E-state index contributed by atoms with van der Waals surface area (Å²) in [6.45, 7) is 19.1. The molecule has 0 radical (unpaired) electrons. The largest absolute Gasteiger partial charge is 0.508 e. The fourth-order valence-electron chi connectivity index (χ4n) is 3.63. The van der Waals surface area contributed by atoms with E-state index < -0.39 is 0 Å². The molecule has 2 unspecified atom stereocenters. The predicted molar refractivity (Wildman–Crippen MR) is 104 cm³/mol. The molecule has 23 heavy (non-hydrogen) atoms. The highest BCUT2D eigenvalue weighted by Crippen LogP contribution is 2.43. The van der Waals surface area contributed by atoms with Crippen LogP contribution in [-0.2, 0) is 0 Å². The van der Waals surface area contributed by atoms with Gasteiger partial charge in [0.05, 0.1) is 0 Å². The minimum Gasteiger partial charge on any atom is -0.508 e. The third kappa shape index (κ3) is 10.4. The number of rotatable bonds is 6. The zero-order chi connectivity index (χ0) is 18.1. The minimum atomic E-state index is 0.322. The zero-order valence-electron chi connectivity index (χ0n) is 16.8. The molecular weight excluding hydrogens is 280 g/mol. The van der Waals surface area contributed by atoms with Crippen molar-refractivity contribution in [3.05, 3.63) is 30.3 Å². The third-order valence-electron chi connectivity index (χ3n) is 4.72. The van der Waals surface area contributed by atoms with E-state index in [4.69, 9.17) is 5.11 Å². The lowest BCUT2D eigenvalue weighted by molar-refractivity contribution is 0.107. The maximum absolute atomic E-state index is 8.63. The van der Waals surface area contributed by atoms with E-state index in [-0.39, 0.29) is 0 Å². The van der Waals surface area contributed by atoms with Gasteiger partial charge in [-0.3, -0.25) is 0 Å². The summed E-state index contributed by atoms with van der Waals surface area (Å²) in [5.41, 5.74) is 0.933. The number of phenols is 1. The second-order valence-corrected chi connectivity index (χ2v) is 8.92. The van der Waals surface area contributed by atoms with Crippen LogP contribution in [-0.4, -0.2) is 5.11 Å². The van der Waals surface area contributed by atoms with Crippen molar-refractivity contribution in [3.8, 4) is 5.75 Å². The van der Waals surface area contributed by atoms with Gasteiger partial charge in [-0.25, -0.2) is 0 Å². The van der Waals surface area contributed by atoms with Crippen molar-refractivity contribution in [2.45, 2.75) is 81.1 Å². The van der Waals surface area contributed by atoms with Crippen molar-refractivity contribution in [2.24, 2.45) is 22.7 Å². The molecule has 0 bridgehead atoms. The summed E-state index contributed by atoms with van der Waals surface area (Å²) < 4.78 is 0. The summed E-state index contributed by atoms with van der Waals surface area (Å²) >= 11 is 0. The fourth-order valence-corrected chi connectivity index (χ4v) is 3.63. The first kappa shape index (κ1) is 22.0. The normalized spacial score (nSPS) is 14.6. The van der Waals surface area contributed by atoms with Gasteiger partial charge in [0.25, 0.3) is 0 Å². The first-order chi connectivity index (χ1) is 10.5.